The van der Waals surface area contributed by atoms with E-state index < -0.39 is 9.84 Å². The molecule has 1 aliphatic rings. The van der Waals surface area contributed by atoms with Crippen LogP contribution in [0, 0.1) is 0 Å². The van der Waals surface area contributed by atoms with Crippen LogP contribution in [0.4, 0.5) is 11.4 Å². The predicted octanol–water partition coefficient (Wildman–Crippen LogP) is 0.867. The molecule has 0 aromatic heterocycles. The summed E-state index contributed by atoms with van der Waals surface area (Å²) < 4.78 is 22.5. The van der Waals surface area contributed by atoms with Crippen molar-refractivity contribution in [1.82, 2.24) is 5.32 Å². The van der Waals surface area contributed by atoms with Crippen molar-refractivity contribution >= 4 is 38.5 Å². The molecule has 0 atom stereocenters. The number of thiocarbonyl (C=S) groups is 1. The number of nitrogen functional groups attached to an aromatic ring is 1. The highest BCUT2D eigenvalue weighted by Crippen LogP contribution is 2.12. The Labute approximate surface area is 111 Å². The Bertz CT molecular complexity index is 608. The molecule has 4 N–H and O–H groups in total. The second-order valence-corrected chi connectivity index (χ2v) is 6.51. The lowest BCUT2D eigenvalue weighted by Crippen LogP contribution is -2.29. The Kier molecular flexibility index (Phi) is 3.53. The maximum atomic E-state index is 11.3. The number of hydrogen-bond donors (Lipinski definition) is 3. The largest absolute Gasteiger partial charge is 0.399 e. The summed E-state index contributed by atoms with van der Waals surface area (Å²) in [5, 5.41) is 6.16. The van der Waals surface area contributed by atoms with Crippen molar-refractivity contribution in [1.29, 1.82) is 0 Å². The summed E-state index contributed by atoms with van der Waals surface area (Å²) in [6.07, 6.45) is 1.63. The third-order valence-electron chi connectivity index (χ3n) is 2.38. The van der Waals surface area contributed by atoms with Crippen LogP contribution in [-0.4, -0.2) is 25.0 Å². The Morgan fingerprint density at radius 3 is 2.72 bits per heavy atom. The normalized spacial score (nSPS) is 17.0. The van der Waals surface area contributed by atoms with Crippen LogP contribution >= 0.6 is 12.2 Å². The van der Waals surface area contributed by atoms with E-state index in [4.69, 9.17) is 18.0 Å². The molecule has 0 saturated heterocycles. The summed E-state index contributed by atoms with van der Waals surface area (Å²) in [6, 6.07) is 7.14. The van der Waals surface area contributed by atoms with Crippen LogP contribution in [0.25, 0.3) is 0 Å². The molecule has 0 bridgehead atoms. The van der Waals surface area contributed by atoms with E-state index >= 15 is 0 Å². The third-order valence-corrected chi connectivity index (χ3v) is 4.01. The first-order valence-corrected chi connectivity index (χ1v) is 7.50. The van der Waals surface area contributed by atoms with Crippen LogP contribution in [0.15, 0.2) is 36.0 Å². The van der Waals surface area contributed by atoms with E-state index in [1.54, 1.807) is 24.3 Å². The van der Waals surface area contributed by atoms with Crippen molar-refractivity contribution in [2.45, 2.75) is 0 Å². The number of nitrogens with one attached hydrogen (secondary N) is 2. The molecular formula is C11H13N3O2S2. The van der Waals surface area contributed by atoms with Crippen LogP contribution in [-0.2, 0) is 9.84 Å². The first kappa shape index (κ1) is 12.8. The van der Waals surface area contributed by atoms with Crippen molar-refractivity contribution in [3.05, 3.63) is 36.0 Å². The Balaban J connectivity index is 1.94. The molecule has 0 saturated carbocycles. The zero-order valence-electron chi connectivity index (χ0n) is 9.51. The first-order valence-electron chi connectivity index (χ1n) is 5.28. The van der Waals surface area contributed by atoms with E-state index in [9.17, 15) is 8.42 Å². The summed E-state index contributed by atoms with van der Waals surface area (Å²) in [5.41, 5.74) is 7.64. The molecule has 5 nitrogen and oxygen atoms in total. The SMILES string of the molecule is Nc1cccc(NC(=S)NC2=CCS(=O)(=O)C2)c1. The topological polar surface area (TPSA) is 84.2 Å². The second-order valence-electron chi connectivity index (χ2n) is 3.99. The maximum Gasteiger partial charge on any atom is 0.175 e. The highest BCUT2D eigenvalue weighted by atomic mass is 32.2. The molecule has 0 fully saturated rings. The van der Waals surface area contributed by atoms with E-state index in [-0.39, 0.29) is 11.5 Å². The average molecular weight is 283 g/mol. The van der Waals surface area contributed by atoms with Gasteiger partial charge in [-0.2, -0.15) is 0 Å². The zero-order valence-corrected chi connectivity index (χ0v) is 11.1. The van der Waals surface area contributed by atoms with Gasteiger partial charge in [-0.3, -0.25) is 0 Å². The molecule has 1 heterocycles. The van der Waals surface area contributed by atoms with Crippen molar-refractivity contribution < 1.29 is 8.42 Å². The number of sulfone groups is 1. The van der Waals surface area contributed by atoms with Gasteiger partial charge in [-0.1, -0.05) is 6.07 Å². The molecule has 0 radical (unpaired) electrons. The highest BCUT2D eigenvalue weighted by Gasteiger charge is 2.20. The molecular weight excluding hydrogens is 270 g/mol. The maximum absolute atomic E-state index is 11.3. The third kappa shape index (κ3) is 3.44. The lowest BCUT2D eigenvalue weighted by Gasteiger charge is -2.11. The minimum Gasteiger partial charge on any atom is -0.399 e. The van der Waals surface area contributed by atoms with Crippen molar-refractivity contribution in [3.8, 4) is 0 Å². The Morgan fingerprint density at radius 2 is 2.11 bits per heavy atom. The summed E-state index contributed by atoms with van der Waals surface area (Å²) in [6.45, 7) is 0. The number of rotatable bonds is 2. The van der Waals surface area contributed by atoms with Crippen LogP contribution in [0.3, 0.4) is 0 Å². The molecule has 1 aromatic carbocycles. The summed E-state index contributed by atoms with van der Waals surface area (Å²) in [4.78, 5) is 0. The smallest absolute Gasteiger partial charge is 0.175 e. The summed E-state index contributed by atoms with van der Waals surface area (Å²) >= 11 is 5.09. The van der Waals surface area contributed by atoms with E-state index in [1.807, 2.05) is 6.07 Å². The molecule has 0 aliphatic carbocycles. The highest BCUT2D eigenvalue weighted by molar-refractivity contribution is 7.92. The van der Waals surface area contributed by atoms with Crippen LogP contribution in [0.1, 0.15) is 0 Å². The van der Waals surface area contributed by atoms with Crippen LogP contribution in [0.2, 0.25) is 0 Å². The molecule has 0 unspecified atom stereocenters. The molecule has 2 rings (SSSR count). The van der Waals surface area contributed by atoms with E-state index in [0.717, 1.165) is 5.69 Å². The zero-order chi connectivity index (χ0) is 13.2. The fourth-order valence-corrected chi connectivity index (χ4v) is 3.08. The van der Waals surface area contributed by atoms with Gasteiger partial charge in [0.05, 0.1) is 11.5 Å². The summed E-state index contributed by atoms with van der Waals surface area (Å²) in [7, 11) is -2.98. The van der Waals surface area contributed by atoms with Gasteiger partial charge < -0.3 is 16.4 Å². The minimum absolute atomic E-state index is 0.00570. The lowest BCUT2D eigenvalue weighted by molar-refractivity contribution is 0.603. The van der Waals surface area contributed by atoms with Gasteiger partial charge in [0.15, 0.2) is 14.9 Å². The average Bonchev–Trinajstić information content (AvgIpc) is 2.57. The second kappa shape index (κ2) is 4.95. The van der Waals surface area contributed by atoms with Gasteiger partial charge in [-0.05, 0) is 36.5 Å². The first-order chi connectivity index (χ1) is 8.44. The number of nitrogens with two attached hydrogens (primary N) is 1. The van der Waals surface area contributed by atoms with Gasteiger partial charge in [0.1, 0.15) is 0 Å². The monoisotopic (exact) mass is 283 g/mol. The molecule has 18 heavy (non-hydrogen) atoms. The predicted molar refractivity (Wildman–Crippen MR) is 76.9 cm³/mol. The van der Waals surface area contributed by atoms with Crippen molar-refractivity contribution in [3.63, 3.8) is 0 Å². The molecule has 0 spiro atoms. The van der Waals surface area contributed by atoms with E-state index in [0.29, 0.717) is 16.5 Å². The quantitative estimate of drug-likeness (QED) is 0.552. The van der Waals surface area contributed by atoms with Crippen LogP contribution < -0.4 is 16.4 Å². The van der Waals surface area contributed by atoms with Crippen molar-refractivity contribution in [2.75, 3.05) is 22.6 Å². The van der Waals surface area contributed by atoms with Gasteiger partial charge in [0.25, 0.3) is 0 Å². The summed E-state index contributed by atoms with van der Waals surface area (Å²) in [5.74, 6) is 0.0714. The van der Waals surface area contributed by atoms with Gasteiger partial charge in [0.2, 0.25) is 0 Å². The standard InChI is InChI=1S/C11H13N3O2S2/c12-8-2-1-3-9(6-8)13-11(17)14-10-4-5-18(15,16)7-10/h1-4,6H,5,7,12H2,(H2,13,14,17). The molecule has 96 valence electrons. The molecule has 1 aliphatic heterocycles. The van der Waals surface area contributed by atoms with E-state index in [2.05, 4.69) is 10.6 Å². The molecule has 7 heteroatoms. The Hall–Kier alpha value is -1.60. The van der Waals surface area contributed by atoms with Gasteiger partial charge >= 0.3 is 0 Å². The molecule has 1 aromatic rings. The number of anilines is 2. The number of hydrogen-bond acceptors (Lipinski definition) is 4. The molecule has 0 amide bonds. The van der Waals surface area contributed by atoms with Gasteiger partial charge in [-0.25, -0.2) is 8.42 Å². The van der Waals surface area contributed by atoms with E-state index in [1.165, 1.54) is 0 Å². The van der Waals surface area contributed by atoms with Crippen LogP contribution in [0.5, 0.6) is 0 Å². The van der Waals surface area contributed by atoms with Crippen molar-refractivity contribution in [2.24, 2.45) is 0 Å². The Morgan fingerprint density at radius 1 is 1.33 bits per heavy atom. The van der Waals surface area contributed by atoms with Gasteiger partial charge in [0, 0.05) is 17.1 Å². The number of benzene rings is 1. The lowest BCUT2D eigenvalue weighted by atomic mass is 10.3. The fourth-order valence-electron chi connectivity index (χ4n) is 1.59. The van der Waals surface area contributed by atoms with Gasteiger partial charge in [-0.15, -0.1) is 0 Å². The fraction of sp³-hybridized carbons (Fsp3) is 0.182. The minimum atomic E-state index is -2.98.